The molecule has 8 heteroatoms. The van der Waals surface area contributed by atoms with Crippen LogP contribution >= 0.6 is 0 Å². The van der Waals surface area contributed by atoms with E-state index in [4.69, 9.17) is 4.52 Å². The Labute approximate surface area is 143 Å². The number of hydrogen-bond acceptors (Lipinski definition) is 6. The fourth-order valence-electron chi connectivity index (χ4n) is 2.15. The molecule has 0 aliphatic rings. The zero-order chi connectivity index (χ0) is 17.6. The molecule has 2 aromatic heterocycles. The van der Waals surface area contributed by atoms with E-state index in [1.807, 2.05) is 0 Å². The third kappa shape index (κ3) is 4.60. The van der Waals surface area contributed by atoms with E-state index in [1.54, 1.807) is 25.1 Å². The van der Waals surface area contributed by atoms with Crippen molar-refractivity contribution < 1.29 is 13.7 Å². The van der Waals surface area contributed by atoms with Crippen LogP contribution in [-0.2, 0) is 6.42 Å². The summed E-state index contributed by atoms with van der Waals surface area (Å²) in [5, 5.41) is 9.42. The fraction of sp³-hybridized carbons (Fsp3) is 0.176. The predicted octanol–water partition coefficient (Wildman–Crippen LogP) is 2.63. The van der Waals surface area contributed by atoms with Crippen molar-refractivity contribution >= 4 is 17.7 Å². The number of nitrogens with zero attached hydrogens (tertiary/aromatic N) is 3. The molecule has 2 heterocycles. The minimum atomic E-state index is -0.316. The maximum atomic E-state index is 12.9. The molecule has 0 unspecified atom stereocenters. The lowest BCUT2D eigenvalue weighted by atomic mass is 10.1. The standard InChI is InChI=1S/C17H16FN5O2/c1-11-10-15(23-25-11)22-17-20-9-7-14(21-17)16(24)19-8-6-12-2-4-13(18)5-3-12/h2-5,7,9-10H,6,8H2,1H3,(H,19,24)(H,20,21,22,23). The summed E-state index contributed by atoms with van der Waals surface area (Å²) in [5.41, 5.74) is 1.17. The summed E-state index contributed by atoms with van der Waals surface area (Å²) >= 11 is 0. The van der Waals surface area contributed by atoms with Crippen molar-refractivity contribution in [2.45, 2.75) is 13.3 Å². The van der Waals surface area contributed by atoms with Gasteiger partial charge in [-0.15, -0.1) is 0 Å². The molecule has 1 aromatic carbocycles. The summed E-state index contributed by atoms with van der Waals surface area (Å²) in [7, 11) is 0. The Hall–Kier alpha value is -3.29. The van der Waals surface area contributed by atoms with Crippen molar-refractivity contribution in [3.63, 3.8) is 0 Å². The molecule has 3 aromatic rings. The summed E-state index contributed by atoms with van der Waals surface area (Å²) in [6.45, 7) is 2.18. The second-order valence-electron chi connectivity index (χ2n) is 5.35. The number of aryl methyl sites for hydroxylation is 1. The molecule has 0 spiro atoms. The number of amides is 1. The summed E-state index contributed by atoms with van der Waals surface area (Å²) in [6.07, 6.45) is 2.08. The number of aromatic nitrogens is 3. The van der Waals surface area contributed by atoms with Crippen molar-refractivity contribution in [3.8, 4) is 0 Å². The largest absolute Gasteiger partial charge is 0.360 e. The first kappa shape index (κ1) is 16.6. The first-order valence-corrected chi connectivity index (χ1v) is 7.66. The van der Waals surface area contributed by atoms with Gasteiger partial charge in [0.05, 0.1) is 0 Å². The Bertz CT molecular complexity index is 863. The van der Waals surface area contributed by atoms with Crippen LogP contribution in [0.2, 0.25) is 0 Å². The van der Waals surface area contributed by atoms with Crippen LogP contribution in [-0.4, -0.2) is 27.6 Å². The van der Waals surface area contributed by atoms with Gasteiger partial charge in [0.1, 0.15) is 17.3 Å². The molecule has 0 saturated carbocycles. The van der Waals surface area contributed by atoms with Crippen LogP contribution in [0, 0.1) is 12.7 Å². The first-order valence-electron chi connectivity index (χ1n) is 7.66. The van der Waals surface area contributed by atoms with Crippen LogP contribution in [0.1, 0.15) is 21.8 Å². The van der Waals surface area contributed by atoms with Crippen molar-refractivity contribution in [1.29, 1.82) is 0 Å². The van der Waals surface area contributed by atoms with Crippen molar-refractivity contribution in [3.05, 3.63) is 65.4 Å². The molecule has 0 bridgehead atoms. The van der Waals surface area contributed by atoms with E-state index >= 15 is 0 Å². The van der Waals surface area contributed by atoms with E-state index in [0.29, 0.717) is 24.5 Å². The summed E-state index contributed by atoms with van der Waals surface area (Å²) in [4.78, 5) is 20.4. The molecule has 128 valence electrons. The van der Waals surface area contributed by atoms with Crippen LogP contribution in [0.4, 0.5) is 16.2 Å². The van der Waals surface area contributed by atoms with Crippen LogP contribution < -0.4 is 10.6 Å². The van der Waals surface area contributed by atoms with E-state index in [9.17, 15) is 9.18 Å². The van der Waals surface area contributed by atoms with Crippen LogP contribution in [0.5, 0.6) is 0 Å². The highest BCUT2D eigenvalue weighted by Gasteiger charge is 2.09. The fourth-order valence-corrected chi connectivity index (χ4v) is 2.15. The van der Waals surface area contributed by atoms with Gasteiger partial charge in [-0.05, 0) is 37.1 Å². The number of carbonyl (C=O) groups is 1. The van der Waals surface area contributed by atoms with Gasteiger partial charge in [0.2, 0.25) is 5.95 Å². The van der Waals surface area contributed by atoms with Crippen molar-refractivity contribution in [2.75, 3.05) is 11.9 Å². The zero-order valence-electron chi connectivity index (χ0n) is 13.5. The number of nitrogens with one attached hydrogen (secondary N) is 2. The predicted molar refractivity (Wildman–Crippen MR) is 89.0 cm³/mol. The van der Waals surface area contributed by atoms with Crippen LogP contribution in [0.25, 0.3) is 0 Å². The Morgan fingerprint density at radius 1 is 1.24 bits per heavy atom. The van der Waals surface area contributed by atoms with E-state index in [-0.39, 0.29) is 23.4 Å². The Morgan fingerprint density at radius 2 is 2.04 bits per heavy atom. The second-order valence-corrected chi connectivity index (χ2v) is 5.35. The molecule has 25 heavy (non-hydrogen) atoms. The summed E-state index contributed by atoms with van der Waals surface area (Å²) in [5.74, 6) is 0.767. The second kappa shape index (κ2) is 7.52. The van der Waals surface area contributed by atoms with E-state index in [1.165, 1.54) is 24.4 Å². The molecular formula is C17H16FN5O2. The highest BCUT2D eigenvalue weighted by Crippen LogP contribution is 2.12. The SMILES string of the molecule is Cc1cc(Nc2nccc(C(=O)NCCc3ccc(F)cc3)n2)no1. The van der Waals surface area contributed by atoms with E-state index < -0.39 is 0 Å². The number of benzene rings is 1. The third-order valence-corrected chi connectivity index (χ3v) is 3.37. The highest BCUT2D eigenvalue weighted by molar-refractivity contribution is 5.92. The Morgan fingerprint density at radius 3 is 2.76 bits per heavy atom. The van der Waals surface area contributed by atoms with E-state index in [0.717, 1.165) is 5.56 Å². The normalized spacial score (nSPS) is 10.5. The zero-order valence-corrected chi connectivity index (χ0v) is 13.5. The summed E-state index contributed by atoms with van der Waals surface area (Å²) in [6, 6.07) is 9.38. The van der Waals surface area contributed by atoms with Gasteiger partial charge in [0.15, 0.2) is 5.82 Å². The molecule has 0 atom stereocenters. The smallest absolute Gasteiger partial charge is 0.270 e. The number of rotatable bonds is 6. The highest BCUT2D eigenvalue weighted by atomic mass is 19.1. The maximum Gasteiger partial charge on any atom is 0.270 e. The van der Waals surface area contributed by atoms with Gasteiger partial charge < -0.3 is 15.2 Å². The van der Waals surface area contributed by atoms with Crippen LogP contribution in [0.3, 0.4) is 0 Å². The number of halogens is 1. The van der Waals surface area contributed by atoms with Gasteiger partial charge in [-0.3, -0.25) is 4.79 Å². The van der Waals surface area contributed by atoms with Crippen molar-refractivity contribution in [2.24, 2.45) is 0 Å². The lowest BCUT2D eigenvalue weighted by Gasteiger charge is -2.06. The number of hydrogen-bond donors (Lipinski definition) is 2. The molecule has 0 radical (unpaired) electrons. The lowest BCUT2D eigenvalue weighted by molar-refractivity contribution is 0.0949. The van der Waals surface area contributed by atoms with Gasteiger partial charge in [-0.1, -0.05) is 17.3 Å². The molecule has 7 nitrogen and oxygen atoms in total. The monoisotopic (exact) mass is 341 g/mol. The molecule has 0 aliphatic carbocycles. The minimum Gasteiger partial charge on any atom is -0.360 e. The third-order valence-electron chi connectivity index (χ3n) is 3.37. The average Bonchev–Trinajstić information content (AvgIpc) is 3.01. The van der Waals surface area contributed by atoms with Crippen molar-refractivity contribution in [1.82, 2.24) is 20.4 Å². The first-order chi connectivity index (χ1) is 12.1. The maximum absolute atomic E-state index is 12.9. The minimum absolute atomic E-state index is 0.233. The average molecular weight is 341 g/mol. The van der Waals surface area contributed by atoms with Crippen LogP contribution in [0.15, 0.2) is 47.1 Å². The molecule has 0 fully saturated rings. The molecule has 1 amide bonds. The lowest BCUT2D eigenvalue weighted by Crippen LogP contribution is -2.26. The molecule has 3 rings (SSSR count). The molecule has 0 aliphatic heterocycles. The topological polar surface area (TPSA) is 92.9 Å². The Balaban J connectivity index is 1.56. The molecular weight excluding hydrogens is 325 g/mol. The van der Waals surface area contributed by atoms with Gasteiger partial charge in [-0.25, -0.2) is 14.4 Å². The number of anilines is 2. The number of carbonyl (C=O) groups excluding carboxylic acids is 1. The van der Waals surface area contributed by atoms with Gasteiger partial charge >= 0.3 is 0 Å². The summed E-state index contributed by atoms with van der Waals surface area (Å²) < 4.78 is 17.8. The molecule has 0 saturated heterocycles. The van der Waals surface area contributed by atoms with Gasteiger partial charge in [-0.2, -0.15) is 0 Å². The Kier molecular flexibility index (Phi) is 4.98. The quantitative estimate of drug-likeness (QED) is 0.716. The van der Waals surface area contributed by atoms with Gasteiger partial charge in [0.25, 0.3) is 5.91 Å². The van der Waals surface area contributed by atoms with Gasteiger partial charge in [0, 0.05) is 18.8 Å². The molecule has 2 N–H and O–H groups in total. The van der Waals surface area contributed by atoms with E-state index in [2.05, 4.69) is 25.8 Å².